The lowest BCUT2D eigenvalue weighted by atomic mass is 10.0. The zero-order chi connectivity index (χ0) is 19.3. The first kappa shape index (κ1) is 20.7. The Kier molecular flexibility index (Phi) is 7.05. The minimum absolute atomic E-state index is 0.0817. The van der Waals surface area contributed by atoms with Crippen LogP contribution in [0.25, 0.3) is 0 Å². The highest BCUT2D eigenvalue weighted by molar-refractivity contribution is 7.91. The zero-order valence-electron chi connectivity index (χ0n) is 14.6. The zero-order valence-corrected chi connectivity index (χ0v) is 17.0. The van der Waals surface area contributed by atoms with Crippen LogP contribution in [0.3, 0.4) is 0 Å². The molecule has 0 radical (unpaired) electrons. The number of rotatable bonds is 8. The maximum Gasteiger partial charge on any atom is 0.308 e. The van der Waals surface area contributed by atoms with E-state index in [0.717, 1.165) is 11.3 Å². The number of hydrogen-bond donors (Lipinski definition) is 1. The van der Waals surface area contributed by atoms with Gasteiger partial charge in [0.15, 0.2) is 0 Å². The van der Waals surface area contributed by atoms with Crippen LogP contribution in [-0.2, 0) is 19.6 Å². The van der Waals surface area contributed by atoms with Gasteiger partial charge in [0, 0.05) is 0 Å². The summed E-state index contributed by atoms with van der Waals surface area (Å²) in [5.41, 5.74) is 0.623. The van der Waals surface area contributed by atoms with Crippen molar-refractivity contribution in [3.05, 3.63) is 46.3 Å². The number of halogens is 1. The molecule has 9 heteroatoms. The minimum Gasteiger partial charge on any atom is -0.497 e. The summed E-state index contributed by atoms with van der Waals surface area (Å²) in [4.78, 5) is 12.1. The number of ether oxygens (including phenoxy) is 2. The molecule has 0 bridgehead atoms. The summed E-state index contributed by atoms with van der Waals surface area (Å²) in [6, 6.07) is 8.96. The SMILES string of the molecule is COc1ccc([C@H](CC(=O)OC(C)C)NS(=O)(=O)c2ccc(Cl)s2)cc1. The van der Waals surface area contributed by atoms with Crippen LogP contribution in [0.4, 0.5) is 0 Å². The molecular formula is C17H20ClNO5S2. The fourth-order valence-electron chi connectivity index (χ4n) is 2.23. The summed E-state index contributed by atoms with van der Waals surface area (Å²) in [6.07, 6.45) is -0.422. The van der Waals surface area contributed by atoms with E-state index >= 15 is 0 Å². The number of thiophene rings is 1. The molecule has 1 aromatic carbocycles. The van der Waals surface area contributed by atoms with E-state index in [9.17, 15) is 13.2 Å². The number of benzene rings is 1. The van der Waals surface area contributed by atoms with Crippen LogP contribution in [-0.4, -0.2) is 27.6 Å². The third-order valence-corrected chi connectivity index (χ3v) is 6.56. The molecule has 0 aliphatic heterocycles. The topological polar surface area (TPSA) is 81.7 Å². The minimum atomic E-state index is -3.83. The second kappa shape index (κ2) is 8.85. The maximum absolute atomic E-state index is 12.6. The van der Waals surface area contributed by atoms with Crippen molar-refractivity contribution >= 4 is 38.9 Å². The lowest BCUT2D eigenvalue weighted by molar-refractivity contribution is -0.147. The Hall–Kier alpha value is -1.61. The molecule has 1 aromatic heterocycles. The molecule has 0 aliphatic rings. The van der Waals surface area contributed by atoms with Gasteiger partial charge in [0.1, 0.15) is 9.96 Å². The van der Waals surface area contributed by atoms with Gasteiger partial charge in [-0.25, -0.2) is 13.1 Å². The number of carbonyl (C=O) groups is 1. The Morgan fingerprint density at radius 1 is 1.19 bits per heavy atom. The van der Waals surface area contributed by atoms with E-state index in [1.807, 2.05) is 0 Å². The molecule has 1 heterocycles. The van der Waals surface area contributed by atoms with Gasteiger partial charge in [-0.2, -0.15) is 0 Å². The Labute approximate surface area is 162 Å². The molecule has 0 fully saturated rings. The lowest BCUT2D eigenvalue weighted by Crippen LogP contribution is -2.30. The third-order valence-electron chi connectivity index (χ3n) is 3.37. The molecular weight excluding hydrogens is 398 g/mol. The molecule has 2 rings (SSSR count). The number of sulfonamides is 1. The standard InChI is InChI=1S/C17H20ClNO5S2/c1-11(2)24-16(20)10-14(12-4-6-13(23-3)7-5-12)19-26(21,22)17-9-8-15(18)25-17/h4-9,11,14,19H,10H2,1-3H3/t14-/m0/s1. The van der Waals surface area contributed by atoms with Crippen LogP contribution in [0.1, 0.15) is 31.9 Å². The van der Waals surface area contributed by atoms with E-state index in [0.29, 0.717) is 15.6 Å². The van der Waals surface area contributed by atoms with E-state index in [2.05, 4.69) is 4.72 Å². The summed E-state index contributed by atoms with van der Waals surface area (Å²) in [5.74, 6) is 0.137. The van der Waals surface area contributed by atoms with Crippen molar-refractivity contribution in [2.24, 2.45) is 0 Å². The summed E-state index contributed by atoms with van der Waals surface area (Å²) in [6.45, 7) is 3.47. The molecule has 0 amide bonds. The number of hydrogen-bond acceptors (Lipinski definition) is 6. The average Bonchev–Trinajstić information content (AvgIpc) is 3.01. The van der Waals surface area contributed by atoms with Crippen molar-refractivity contribution in [3.63, 3.8) is 0 Å². The van der Waals surface area contributed by atoms with E-state index in [4.69, 9.17) is 21.1 Å². The largest absolute Gasteiger partial charge is 0.497 e. The summed E-state index contributed by atoms with van der Waals surface area (Å²) in [5, 5.41) is 0. The van der Waals surface area contributed by atoms with Crippen LogP contribution >= 0.6 is 22.9 Å². The fraction of sp³-hybridized carbons (Fsp3) is 0.353. The van der Waals surface area contributed by atoms with Crippen LogP contribution in [0.5, 0.6) is 5.75 Å². The molecule has 6 nitrogen and oxygen atoms in total. The first-order valence-electron chi connectivity index (χ1n) is 7.82. The Morgan fingerprint density at radius 2 is 1.85 bits per heavy atom. The van der Waals surface area contributed by atoms with Gasteiger partial charge in [-0.1, -0.05) is 23.7 Å². The monoisotopic (exact) mass is 417 g/mol. The van der Waals surface area contributed by atoms with Crippen molar-refractivity contribution in [3.8, 4) is 5.75 Å². The summed E-state index contributed by atoms with van der Waals surface area (Å²) in [7, 11) is -2.29. The highest BCUT2D eigenvalue weighted by Gasteiger charge is 2.26. The highest BCUT2D eigenvalue weighted by Crippen LogP contribution is 2.28. The van der Waals surface area contributed by atoms with Crippen LogP contribution in [0.2, 0.25) is 4.34 Å². The van der Waals surface area contributed by atoms with Crippen molar-refractivity contribution in [1.82, 2.24) is 4.72 Å². The van der Waals surface area contributed by atoms with Gasteiger partial charge < -0.3 is 9.47 Å². The number of carbonyl (C=O) groups excluding carboxylic acids is 1. The molecule has 142 valence electrons. The fourth-order valence-corrected chi connectivity index (χ4v) is 4.95. The van der Waals surface area contributed by atoms with E-state index in [1.165, 1.54) is 19.2 Å². The van der Waals surface area contributed by atoms with Gasteiger partial charge in [-0.15, -0.1) is 11.3 Å². The predicted molar refractivity (Wildman–Crippen MR) is 101 cm³/mol. The normalized spacial score (nSPS) is 12.8. The summed E-state index contributed by atoms with van der Waals surface area (Å²) >= 11 is 6.78. The van der Waals surface area contributed by atoms with Gasteiger partial charge in [-0.3, -0.25) is 4.79 Å². The van der Waals surface area contributed by atoms with Crippen molar-refractivity contribution < 1.29 is 22.7 Å². The van der Waals surface area contributed by atoms with Gasteiger partial charge in [-0.05, 0) is 43.7 Å². The van der Waals surface area contributed by atoms with Gasteiger partial charge in [0.05, 0.1) is 30.0 Å². The van der Waals surface area contributed by atoms with Gasteiger partial charge in [0.2, 0.25) is 0 Å². The second-order valence-electron chi connectivity index (χ2n) is 5.75. The van der Waals surface area contributed by atoms with Crippen molar-refractivity contribution in [2.45, 2.75) is 36.6 Å². The Bertz CT molecular complexity index is 846. The molecule has 0 saturated heterocycles. The van der Waals surface area contributed by atoms with Crippen molar-refractivity contribution in [1.29, 1.82) is 0 Å². The van der Waals surface area contributed by atoms with Crippen molar-refractivity contribution in [2.75, 3.05) is 7.11 Å². The van der Waals surface area contributed by atoms with E-state index < -0.39 is 22.0 Å². The van der Waals surface area contributed by atoms with Crippen LogP contribution < -0.4 is 9.46 Å². The lowest BCUT2D eigenvalue weighted by Gasteiger charge is -2.19. The molecule has 1 N–H and O–H groups in total. The smallest absolute Gasteiger partial charge is 0.308 e. The van der Waals surface area contributed by atoms with Gasteiger partial charge >= 0.3 is 5.97 Å². The molecule has 26 heavy (non-hydrogen) atoms. The molecule has 0 unspecified atom stereocenters. The summed E-state index contributed by atoms with van der Waals surface area (Å²) < 4.78 is 38.5. The van der Waals surface area contributed by atoms with E-state index in [-0.39, 0.29) is 16.7 Å². The average molecular weight is 418 g/mol. The number of nitrogens with one attached hydrogen (secondary N) is 1. The highest BCUT2D eigenvalue weighted by atomic mass is 35.5. The molecule has 0 saturated carbocycles. The molecule has 0 spiro atoms. The Morgan fingerprint density at radius 3 is 2.35 bits per heavy atom. The van der Waals surface area contributed by atoms with Crippen LogP contribution in [0, 0.1) is 0 Å². The first-order chi connectivity index (χ1) is 12.2. The predicted octanol–water partition coefficient (Wildman–Crippen LogP) is 3.77. The Balaban J connectivity index is 2.28. The quantitative estimate of drug-likeness (QED) is 0.661. The van der Waals surface area contributed by atoms with Gasteiger partial charge in [0.25, 0.3) is 10.0 Å². The maximum atomic E-state index is 12.6. The number of esters is 1. The molecule has 2 aromatic rings. The first-order valence-corrected chi connectivity index (χ1v) is 10.5. The molecule has 0 aliphatic carbocycles. The van der Waals surface area contributed by atoms with E-state index in [1.54, 1.807) is 38.1 Å². The van der Waals surface area contributed by atoms with Crippen LogP contribution in [0.15, 0.2) is 40.6 Å². The molecule has 1 atom stereocenters. The second-order valence-corrected chi connectivity index (χ2v) is 9.40. The third kappa shape index (κ3) is 5.70. The number of methoxy groups -OCH3 is 1.